The molecule has 2 aromatic rings. The zero-order chi connectivity index (χ0) is 15.6. The third-order valence-corrected chi connectivity index (χ3v) is 3.28. The first-order valence-electron chi connectivity index (χ1n) is 6.02. The van der Waals surface area contributed by atoms with E-state index in [-0.39, 0.29) is 11.4 Å². The Morgan fingerprint density at radius 3 is 2.71 bits per heavy atom. The van der Waals surface area contributed by atoms with Gasteiger partial charge in [-0.05, 0) is 24.6 Å². The molecule has 112 valence electrons. The van der Waals surface area contributed by atoms with Gasteiger partial charge in [-0.1, -0.05) is 17.7 Å². The van der Waals surface area contributed by atoms with Crippen molar-refractivity contribution in [2.24, 2.45) is 7.05 Å². The molecule has 2 rings (SSSR count). The van der Waals surface area contributed by atoms with Gasteiger partial charge < -0.3 is 10.6 Å². The summed E-state index contributed by atoms with van der Waals surface area (Å²) in [7, 11) is 1.38. The van der Waals surface area contributed by atoms with Crippen LogP contribution in [0.2, 0.25) is 5.02 Å². The highest BCUT2D eigenvalue weighted by Crippen LogP contribution is 2.26. The van der Waals surface area contributed by atoms with E-state index in [1.165, 1.54) is 13.2 Å². The molecule has 8 heteroatoms. The van der Waals surface area contributed by atoms with Crippen molar-refractivity contribution in [3.05, 3.63) is 40.7 Å². The number of carbonyl (C=O) groups is 1. The predicted octanol–water partition coefficient (Wildman–Crippen LogP) is 3.96. The molecule has 1 aromatic heterocycles. The number of alkyl halides is 2. The highest BCUT2D eigenvalue weighted by atomic mass is 35.5. The summed E-state index contributed by atoms with van der Waals surface area (Å²) in [6.45, 7) is 1.83. The van der Waals surface area contributed by atoms with E-state index >= 15 is 0 Å². The van der Waals surface area contributed by atoms with Gasteiger partial charge in [0.25, 0.3) is 6.43 Å². The number of nitrogens with one attached hydrogen (secondary N) is 2. The molecule has 0 saturated heterocycles. The van der Waals surface area contributed by atoms with E-state index in [4.69, 9.17) is 11.6 Å². The zero-order valence-corrected chi connectivity index (χ0v) is 12.1. The van der Waals surface area contributed by atoms with Crippen LogP contribution in [0.5, 0.6) is 0 Å². The molecule has 0 saturated carbocycles. The second kappa shape index (κ2) is 6.09. The zero-order valence-electron chi connectivity index (χ0n) is 11.3. The molecule has 0 atom stereocenters. The minimum atomic E-state index is -2.73. The van der Waals surface area contributed by atoms with Crippen LogP contribution in [-0.2, 0) is 7.05 Å². The largest absolute Gasteiger partial charge is 0.323 e. The smallest absolute Gasteiger partial charge is 0.308 e. The maximum absolute atomic E-state index is 12.8. The van der Waals surface area contributed by atoms with E-state index in [1.807, 2.05) is 6.92 Å². The number of hydrogen-bond acceptors (Lipinski definition) is 2. The van der Waals surface area contributed by atoms with E-state index in [2.05, 4.69) is 15.7 Å². The van der Waals surface area contributed by atoms with Crippen molar-refractivity contribution < 1.29 is 13.6 Å². The van der Waals surface area contributed by atoms with E-state index in [0.29, 0.717) is 10.7 Å². The first kappa shape index (κ1) is 15.2. The number of rotatable bonds is 3. The van der Waals surface area contributed by atoms with E-state index in [1.54, 1.807) is 18.2 Å². The van der Waals surface area contributed by atoms with Gasteiger partial charge in [0.05, 0.1) is 11.9 Å². The SMILES string of the molecule is Cc1ccc(NC(=O)Nc2cnn(C)c2C(F)F)cc1Cl. The lowest BCUT2D eigenvalue weighted by Crippen LogP contribution is -2.20. The number of aromatic nitrogens is 2. The number of hydrogen-bond donors (Lipinski definition) is 2. The summed E-state index contributed by atoms with van der Waals surface area (Å²) in [4.78, 5) is 11.8. The van der Waals surface area contributed by atoms with E-state index in [9.17, 15) is 13.6 Å². The molecule has 0 spiro atoms. The van der Waals surface area contributed by atoms with Crippen molar-refractivity contribution in [3.8, 4) is 0 Å². The number of halogens is 3. The Labute approximate surface area is 124 Å². The topological polar surface area (TPSA) is 59.0 Å². The average molecular weight is 315 g/mol. The third-order valence-electron chi connectivity index (χ3n) is 2.87. The standard InChI is InChI=1S/C13H13ClF2N4O/c1-7-3-4-8(5-9(7)14)18-13(21)19-10-6-17-20(2)11(10)12(15)16/h3-6,12H,1-2H3,(H2,18,19,21). The number of nitrogens with zero attached hydrogens (tertiary/aromatic N) is 2. The number of carbonyl (C=O) groups excluding carboxylic acids is 1. The maximum atomic E-state index is 12.8. The molecule has 1 aromatic carbocycles. The molecule has 0 bridgehead atoms. The summed E-state index contributed by atoms with van der Waals surface area (Å²) in [5, 5.41) is 9.06. The van der Waals surface area contributed by atoms with Gasteiger partial charge in [-0.2, -0.15) is 5.10 Å². The molecular weight excluding hydrogens is 302 g/mol. The second-order valence-corrected chi connectivity index (χ2v) is 4.82. The van der Waals surface area contributed by atoms with Crippen molar-refractivity contribution in [2.75, 3.05) is 10.6 Å². The fourth-order valence-electron chi connectivity index (χ4n) is 1.76. The Kier molecular flexibility index (Phi) is 4.42. The summed E-state index contributed by atoms with van der Waals surface area (Å²) in [6, 6.07) is 4.34. The molecule has 0 radical (unpaired) electrons. The van der Waals surface area contributed by atoms with Crippen LogP contribution in [0.15, 0.2) is 24.4 Å². The Morgan fingerprint density at radius 2 is 2.10 bits per heavy atom. The van der Waals surface area contributed by atoms with Gasteiger partial charge in [0.2, 0.25) is 0 Å². The summed E-state index contributed by atoms with van der Waals surface area (Å²) >= 11 is 5.94. The monoisotopic (exact) mass is 314 g/mol. The van der Waals surface area contributed by atoms with E-state index in [0.717, 1.165) is 10.2 Å². The van der Waals surface area contributed by atoms with Crippen molar-refractivity contribution in [3.63, 3.8) is 0 Å². The molecular formula is C13H13ClF2N4O. The summed E-state index contributed by atoms with van der Waals surface area (Å²) in [5.41, 5.74) is 0.941. The number of benzene rings is 1. The molecule has 5 nitrogen and oxygen atoms in total. The summed E-state index contributed by atoms with van der Waals surface area (Å²) < 4.78 is 26.7. The van der Waals surface area contributed by atoms with Crippen molar-refractivity contribution in [1.29, 1.82) is 0 Å². The quantitative estimate of drug-likeness (QED) is 0.900. The number of urea groups is 1. The molecule has 0 aliphatic carbocycles. The Bertz CT molecular complexity index is 672. The fourth-order valence-corrected chi connectivity index (χ4v) is 1.94. The lowest BCUT2D eigenvalue weighted by atomic mass is 10.2. The lowest BCUT2D eigenvalue weighted by molar-refractivity contribution is 0.141. The van der Waals surface area contributed by atoms with Crippen LogP contribution in [-0.4, -0.2) is 15.8 Å². The maximum Gasteiger partial charge on any atom is 0.323 e. The van der Waals surface area contributed by atoms with Gasteiger partial charge in [-0.25, -0.2) is 13.6 Å². The molecule has 0 aliphatic heterocycles. The second-order valence-electron chi connectivity index (χ2n) is 4.41. The van der Waals surface area contributed by atoms with Crippen molar-refractivity contribution in [2.45, 2.75) is 13.3 Å². The first-order valence-corrected chi connectivity index (χ1v) is 6.40. The van der Waals surface area contributed by atoms with Crippen LogP contribution >= 0.6 is 11.6 Å². The Hall–Kier alpha value is -2.15. The molecule has 1 heterocycles. The number of amides is 2. The summed E-state index contributed by atoms with van der Waals surface area (Å²) in [6.07, 6.45) is -1.56. The lowest BCUT2D eigenvalue weighted by Gasteiger charge is -2.09. The van der Waals surface area contributed by atoms with Gasteiger partial charge in [0.1, 0.15) is 5.69 Å². The van der Waals surface area contributed by atoms with E-state index < -0.39 is 12.5 Å². The first-order chi connectivity index (χ1) is 9.88. The Morgan fingerprint density at radius 1 is 1.38 bits per heavy atom. The third kappa shape index (κ3) is 3.49. The molecule has 0 unspecified atom stereocenters. The minimum absolute atomic E-state index is 0.0387. The molecule has 2 N–H and O–H groups in total. The van der Waals surface area contributed by atoms with Crippen molar-refractivity contribution in [1.82, 2.24) is 9.78 Å². The Balaban J connectivity index is 2.10. The van der Waals surface area contributed by atoms with Gasteiger partial charge in [0, 0.05) is 17.8 Å². The highest BCUT2D eigenvalue weighted by molar-refractivity contribution is 6.31. The van der Waals surface area contributed by atoms with Crippen molar-refractivity contribution >= 4 is 29.0 Å². The average Bonchev–Trinajstić information content (AvgIpc) is 2.75. The van der Waals surface area contributed by atoms with Crippen LogP contribution < -0.4 is 10.6 Å². The van der Waals surface area contributed by atoms with Gasteiger partial charge in [-0.3, -0.25) is 4.68 Å². The van der Waals surface area contributed by atoms with Gasteiger partial charge in [0.15, 0.2) is 0 Å². The van der Waals surface area contributed by atoms with Crippen LogP contribution in [0.1, 0.15) is 17.7 Å². The molecule has 0 fully saturated rings. The molecule has 2 amide bonds. The van der Waals surface area contributed by atoms with Crippen LogP contribution in [0.4, 0.5) is 25.0 Å². The number of aryl methyl sites for hydroxylation is 2. The molecule has 0 aliphatic rings. The van der Waals surface area contributed by atoms with Crippen LogP contribution in [0, 0.1) is 6.92 Å². The predicted molar refractivity (Wildman–Crippen MR) is 77.0 cm³/mol. The van der Waals surface area contributed by atoms with Crippen LogP contribution in [0.25, 0.3) is 0 Å². The molecule has 21 heavy (non-hydrogen) atoms. The summed E-state index contributed by atoms with van der Waals surface area (Å²) in [5.74, 6) is 0. The normalized spacial score (nSPS) is 10.8. The highest BCUT2D eigenvalue weighted by Gasteiger charge is 2.19. The van der Waals surface area contributed by atoms with Crippen LogP contribution in [0.3, 0.4) is 0 Å². The fraction of sp³-hybridized carbons (Fsp3) is 0.231. The van der Waals surface area contributed by atoms with Gasteiger partial charge in [-0.15, -0.1) is 0 Å². The van der Waals surface area contributed by atoms with Gasteiger partial charge >= 0.3 is 6.03 Å². The minimum Gasteiger partial charge on any atom is -0.308 e. The number of anilines is 2.